The molecule has 0 unspecified atom stereocenters. The molecule has 0 bridgehead atoms. The molecule has 7 nitrogen and oxygen atoms in total. The number of ether oxygens (including phenoxy) is 1. The number of aromatic nitrogens is 2. The molecule has 0 atom stereocenters. The summed E-state index contributed by atoms with van der Waals surface area (Å²) in [5.41, 5.74) is 4.06. The second kappa shape index (κ2) is 9.97. The van der Waals surface area contributed by atoms with Crippen molar-refractivity contribution in [3.63, 3.8) is 0 Å². The summed E-state index contributed by atoms with van der Waals surface area (Å²) in [5.74, 6) is 0.712. The average molecular weight is 432 g/mol. The number of hydrazone groups is 1. The van der Waals surface area contributed by atoms with E-state index in [0.29, 0.717) is 22.8 Å². The molecule has 10 heteroatoms. The predicted molar refractivity (Wildman–Crippen MR) is 108 cm³/mol. The van der Waals surface area contributed by atoms with Gasteiger partial charge in [0.05, 0.1) is 19.6 Å². The summed E-state index contributed by atoms with van der Waals surface area (Å²) in [7, 11) is 1.54. The van der Waals surface area contributed by atoms with Crippen LogP contribution < -0.4 is 10.2 Å². The SMILES string of the molecule is COc1ccc(C=NNC(=O)c2ccco2)cc1CSc1nc(C)cc(C(F)F)n1. The van der Waals surface area contributed by atoms with Crippen molar-refractivity contribution in [2.45, 2.75) is 24.3 Å². The van der Waals surface area contributed by atoms with Gasteiger partial charge < -0.3 is 9.15 Å². The van der Waals surface area contributed by atoms with Crippen LogP contribution in [0, 0.1) is 6.92 Å². The van der Waals surface area contributed by atoms with Gasteiger partial charge in [0.1, 0.15) is 11.4 Å². The van der Waals surface area contributed by atoms with Crippen molar-refractivity contribution in [1.82, 2.24) is 15.4 Å². The van der Waals surface area contributed by atoms with Gasteiger partial charge in [-0.05, 0) is 48.9 Å². The predicted octanol–water partition coefficient (Wildman–Crippen LogP) is 4.38. The van der Waals surface area contributed by atoms with E-state index in [1.807, 2.05) is 6.07 Å². The zero-order valence-corrected chi connectivity index (χ0v) is 17.0. The number of benzene rings is 1. The first-order valence-corrected chi connectivity index (χ1v) is 9.75. The monoisotopic (exact) mass is 432 g/mol. The molecule has 0 saturated carbocycles. The molecule has 1 amide bonds. The van der Waals surface area contributed by atoms with Crippen molar-refractivity contribution in [2.75, 3.05) is 7.11 Å². The molecule has 0 spiro atoms. The highest BCUT2D eigenvalue weighted by molar-refractivity contribution is 7.98. The minimum absolute atomic E-state index is 0.153. The van der Waals surface area contributed by atoms with Crippen LogP contribution in [-0.2, 0) is 5.75 Å². The van der Waals surface area contributed by atoms with Gasteiger partial charge in [0.2, 0.25) is 0 Å². The van der Waals surface area contributed by atoms with Crippen LogP contribution in [0.15, 0.2) is 57.3 Å². The third-order valence-corrected chi connectivity index (χ3v) is 4.76. The number of furan rings is 1. The number of hydrogen-bond acceptors (Lipinski definition) is 7. The van der Waals surface area contributed by atoms with E-state index in [0.717, 1.165) is 5.56 Å². The largest absolute Gasteiger partial charge is 0.496 e. The molecule has 1 N–H and O–H groups in total. The minimum atomic E-state index is -2.66. The second-order valence-electron chi connectivity index (χ2n) is 6.05. The van der Waals surface area contributed by atoms with E-state index in [9.17, 15) is 13.6 Å². The van der Waals surface area contributed by atoms with Gasteiger partial charge in [-0.25, -0.2) is 24.2 Å². The van der Waals surface area contributed by atoms with Gasteiger partial charge in [0.25, 0.3) is 6.43 Å². The van der Waals surface area contributed by atoms with Crippen LogP contribution in [0.3, 0.4) is 0 Å². The number of amides is 1. The minimum Gasteiger partial charge on any atom is -0.496 e. The molecule has 2 heterocycles. The Labute approximate surface area is 175 Å². The zero-order chi connectivity index (χ0) is 21.5. The summed E-state index contributed by atoms with van der Waals surface area (Å²) in [6, 6.07) is 9.75. The Bertz CT molecular complexity index is 1040. The summed E-state index contributed by atoms with van der Waals surface area (Å²) in [6.45, 7) is 1.65. The Morgan fingerprint density at radius 3 is 2.87 bits per heavy atom. The van der Waals surface area contributed by atoms with E-state index < -0.39 is 12.3 Å². The van der Waals surface area contributed by atoms with E-state index in [4.69, 9.17) is 9.15 Å². The number of methoxy groups -OCH3 is 1. The van der Waals surface area contributed by atoms with Crippen LogP contribution in [0.1, 0.15) is 39.5 Å². The van der Waals surface area contributed by atoms with Crippen molar-refractivity contribution in [2.24, 2.45) is 5.10 Å². The lowest BCUT2D eigenvalue weighted by Crippen LogP contribution is -2.16. The molecule has 0 aliphatic carbocycles. The van der Waals surface area contributed by atoms with Gasteiger partial charge in [-0.15, -0.1) is 0 Å². The van der Waals surface area contributed by atoms with Crippen molar-refractivity contribution < 1.29 is 22.7 Å². The van der Waals surface area contributed by atoms with Crippen LogP contribution in [0.5, 0.6) is 5.75 Å². The van der Waals surface area contributed by atoms with Crippen molar-refractivity contribution in [3.8, 4) is 5.75 Å². The fourth-order valence-corrected chi connectivity index (χ4v) is 3.39. The van der Waals surface area contributed by atoms with Gasteiger partial charge >= 0.3 is 5.91 Å². The van der Waals surface area contributed by atoms with E-state index in [2.05, 4.69) is 20.5 Å². The van der Waals surface area contributed by atoms with Crippen LogP contribution >= 0.6 is 11.8 Å². The molecule has 156 valence electrons. The summed E-state index contributed by atoms with van der Waals surface area (Å²) in [6.07, 6.45) is 0.220. The van der Waals surface area contributed by atoms with Crippen molar-refractivity contribution in [1.29, 1.82) is 0 Å². The number of rotatable bonds is 8. The lowest BCUT2D eigenvalue weighted by Gasteiger charge is -2.10. The first-order chi connectivity index (χ1) is 14.5. The Morgan fingerprint density at radius 2 is 2.17 bits per heavy atom. The van der Waals surface area contributed by atoms with E-state index in [1.165, 1.54) is 36.4 Å². The smallest absolute Gasteiger partial charge is 0.307 e. The molecular weight excluding hydrogens is 414 g/mol. The molecule has 1 aromatic carbocycles. The number of carbonyl (C=O) groups is 1. The summed E-state index contributed by atoms with van der Waals surface area (Å²) >= 11 is 1.22. The molecule has 0 saturated heterocycles. The van der Waals surface area contributed by atoms with Crippen molar-refractivity contribution in [3.05, 3.63) is 70.9 Å². The molecule has 30 heavy (non-hydrogen) atoms. The molecule has 0 radical (unpaired) electrons. The standard InChI is InChI=1S/C20H18F2N4O3S/c1-12-8-15(18(21)22)25-20(24-12)30-11-14-9-13(5-6-16(14)28-2)10-23-26-19(27)17-4-3-7-29-17/h3-10,18H,11H2,1-2H3,(H,26,27). The Morgan fingerprint density at radius 1 is 1.33 bits per heavy atom. The average Bonchev–Trinajstić information content (AvgIpc) is 3.27. The van der Waals surface area contributed by atoms with Gasteiger partial charge in [-0.2, -0.15) is 5.10 Å². The molecule has 2 aromatic heterocycles. The summed E-state index contributed by atoms with van der Waals surface area (Å²) in [5, 5.41) is 4.18. The zero-order valence-electron chi connectivity index (χ0n) is 16.1. The maximum Gasteiger partial charge on any atom is 0.307 e. The first-order valence-electron chi connectivity index (χ1n) is 8.76. The summed E-state index contributed by atoms with van der Waals surface area (Å²) < 4.78 is 36.3. The quantitative estimate of drug-likeness (QED) is 0.246. The fourth-order valence-electron chi connectivity index (χ4n) is 2.50. The van der Waals surface area contributed by atoms with Gasteiger partial charge in [0, 0.05) is 17.0 Å². The lowest BCUT2D eigenvalue weighted by atomic mass is 10.1. The molecule has 0 aliphatic rings. The number of nitrogens with one attached hydrogen (secondary N) is 1. The van der Waals surface area contributed by atoms with E-state index in [-0.39, 0.29) is 16.6 Å². The lowest BCUT2D eigenvalue weighted by molar-refractivity contribution is 0.0927. The Balaban J connectivity index is 1.70. The summed E-state index contributed by atoms with van der Waals surface area (Å²) in [4.78, 5) is 19.9. The van der Waals surface area contributed by atoms with Crippen LogP contribution in [0.4, 0.5) is 8.78 Å². The normalized spacial score (nSPS) is 11.2. The maximum atomic E-state index is 13.0. The number of hydrogen-bond donors (Lipinski definition) is 1. The van der Waals surface area contributed by atoms with Crippen LogP contribution in [-0.4, -0.2) is 29.2 Å². The third kappa shape index (κ3) is 5.63. The highest BCUT2D eigenvalue weighted by Gasteiger charge is 2.13. The molecule has 3 rings (SSSR count). The number of alkyl halides is 2. The number of carbonyl (C=O) groups excluding carboxylic acids is 1. The Hall–Kier alpha value is -3.27. The van der Waals surface area contributed by atoms with Gasteiger partial charge in [-0.3, -0.25) is 4.79 Å². The van der Waals surface area contributed by atoms with Gasteiger partial charge in [-0.1, -0.05) is 11.8 Å². The highest BCUT2D eigenvalue weighted by atomic mass is 32.2. The number of nitrogens with zero attached hydrogens (tertiary/aromatic N) is 3. The third-order valence-electron chi connectivity index (χ3n) is 3.86. The molecular formula is C20H18F2N4O3S. The van der Waals surface area contributed by atoms with Crippen LogP contribution in [0.2, 0.25) is 0 Å². The molecule has 3 aromatic rings. The van der Waals surface area contributed by atoms with E-state index in [1.54, 1.807) is 32.2 Å². The second-order valence-corrected chi connectivity index (χ2v) is 7.00. The Kier molecular flexibility index (Phi) is 7.12. The maximum absolute atomic E-state index is 13.0. The first kappa shape index (κ1) is 21.4. The fraction of sp³-hybridized carbons (Fsp3) is 0.200. The molecule has 0 aliphatic heterocycles. The van der Waals surface area contributed by atoms with Crippen LogP contribution in [0.25, 0.3) is 0 Å². The van der Waals surface area contributed by atoms with Gasteiger partial charge in [0.15, 0.2) is 10.9 Å². The van der Waals surface area contributed by atoms with Crippen molar-refractivity contribution >= 4 is 23.9 Å². The topological polar surface area (TPSA) is 89.6 Å². The highest BCUT2D eigenvalue weighted by Crippen LogP contribution is 2.28. The number of thioether (sulfide) groups is 1. The molecule has 0 fully saturated rings. The van der Waals surface area contributed by atoms with E-state index >= 15 is 0 Å². The number of halogens is 2. The number of aryl methyl sites for hydroxylation is 1.